The summed E-state index contributed by atoms with van der Waals surface area (Å²) in [5.41, 5.74) is 3.60. The van der Waals surface area contributed by atoms with Gasteiger partial charge in [-0.1, -0.05) is 12.1 Å². The third kappa shape index (κ3) is 8.95. The lowest BCUT2D eigenvalue weighted by Gasteiger charge is -2.36. The number of hydrogen-bond donors (Lipinski definition) is 0. The standard InChI is InChI=1S/C36H39F3N6O6/c37-36(38,39)51-32-11-9-30(10-12-32)49-31-13-16-42(17-14-31)27-3-1-26(2-4-27)23-41-19-21-43(22-20-41)28-5-7-29(8-6-28)48-25-33-15-18-44-24-34(45(46)47)40-35(44)50-33/h1-12,24,31,33H,13-23,25H2. The minimum Gasteiger partial charge on any atom is -0.490 e. The number of ether oxygens (including phenoxy) is 4. The molecule has 270 valence electrons. The van der Waals surface area contributed by atoms with Gasteiger partial charge in [0.05, 0.1) is 0 Å². The zero-order chi connectivity index (χ0) is 35.4. The van der Waals surface area contributed by atoms with Crippen LogP contribution in [0.2, 0.25) is 0 Å². The lowest BCUT2D eigenvalue weighted by Crippen LogP contribution is -2.45. The molecule has 12 nitrogen and oxygen atoms in total. The monoisotopic (exact) mass is 708 g/mol. The highest BCUT2D eigenvalue weighted by Crippen LogP contribution is 2.29. The third-order valence-electron chi connectivity index (χ3n) is 9.40. The van der Waals surface area contributed by atoms with E-state index in [9.17, 15) is 23.3 Å². The predicted octanol–water partition coefficient (Wildman–Crippen LogP) is 6.29. The second-order valence-corrected chi connectivity index (χ2v) is 12.9. The Balaban J connectivity index is 0.808. The van der Waals surface area contributed by atoms with Crippen molar-refractivity contribution in [3.8, 4) is 23.3 Å². The van der Waals surface area contributed by atoms with E-state index in [0.29, 0.717) is 25.3 Å². The molecule has 7 rings (SSSR count). The minimum atomic E-state index is -4.71. The summed E-state index contributed by atoms with van der Waals surface area (Å²) in [5, 5.41) is 11.0. The molecule has 1 atom stereocenters. The second-order valence-electron chi connectivity index (χ2n) is 12.9. The summed E-state index contributed by atoms with van der Waals surface area (Å²) in [4.78, 5) is 21.6. The van der Waals surface area contributed by atoms with Crippen LogP contribution in [0.5, 0.6) is 23.3 Å². The minimum absolute atomic E-state index is 0.00487. The fraction of sp³-hybridized carbons (Fsp3) is 0.417. The van der Waals surface area contributed by atoms with E-state index in [-0.39, 0.29) is 29.8 Å². The van der Waals surface area contributed by atoms with Crippen molar-refractivity contribution < 1.29 is 37.0 Å². The molecule has 15 heteroatoms. The largest absolute Gasteiger partial charge is 0.573 e. The van der Waals surface area contributed by atoms with E-state index in [4.69, 9.17) is 14.2 Å². The Hall–Kier alpha value is -5.18. The summed E-state index contributed by atoms with van der Waals surface area (Å²) in [5.74, 6) is 0.804. The molecule has 3 aliphatic heterocycles. The molecule has 1 aromatic heterocycles. The topological polar surface area (TPSA) is 108 Å². The number of imidazole rings is 1. The number of aromatic nitrogens is 2. The molecule has 1 unspecified atom stereocenters. The van der Waals surface area contributed by atoms with Gasteiger partial charge in [0.25, 0.3) is 0 Å². The number of fused-ring (bicyclic) bond motifs is 1. The Bertz CT molecular complexity index is 1750. The number of halogens is 3. The first-order valence-corrected chi connectivity index (χ1v) is 17.1. The van der Waals surface area contributed by atoms with E-state index in [0.717, 1.165) is 70.1 Å². The fourth-order valence-electron chi connectivity index (χ4n) is 6.66. The lowest BCUT2D eigenvalue weighted by atomic mass is 10.1. The Morgan fingerprint density at radius 1 is 0.784 bits per heavy atom. The van der Waals surface area contributed by atoms with Crippen LogP contribution >= 0.6 is 0 Å². The van der Waals surface area contributed by atoms with Crippen molar-refractivity contribution in [3.05, 3.63) is 94.7 Å². The van der Waals surface area contributed by atoms with Crippen LogP contribution in [0.1, 0.15) is 24.8 Å². The molecule has 2 saturated heterocycles. The van der Waals surface area contributed by atoms with Crippen LogP contribution in [0.15, 0.2) is 79.0 Å². The van der Waals surface area contributed by atoms with Gasteiger partial charge in [0, 0.05) is 88.0 Å². The highest BCUT2D eigenvalue weighted by molar-refractivity contribution is 5.50. The molecule has 0 aliphatic carbocycles. The molecule has 0 saturated carbocycles. The normalized spacial score (nSPS) is 18.5. The molecule has 4 heterocycles. The molecule has 51 heavy (non-hydrogen) atoms. The highest BCUT2D eigenvalue weighted by Gasteiger charge is 2.31. The van der Waals surface area contributed by atoms with Gasteiger partial charge in [-0.2, -0.15) is 0 Å². The second kappa shape index (κ2) is 15.0. The maximum absolute atomic E-state index is 12.4. The van der Waals surface area contributed by atoms with Crippen LogP contribution in [-0.2, 0) is 13.1 Å². The summed E-state index contributed by atoms with van der Waals surface area (Å²) in [6.45, 7) is 7.26. The third-order valence-corrected chi connectivity index (χ3v) is 9.40. The highest BCUT2D eigenvalue weighted by atomic mass is 19.4. The maximum Gasteiger partial charge on any atom is 0.573 e. The van der Waals surface area contributed by atoms with E-state index in [1.165, 1.54) is 41.7 Å². The van der Waals surface area contributed by atoms with Gasteiger partial charge in [-0.05, 0) is 71.2 Å². The van der Waals surface area contributed by atoms with Crippen molar-refractivity contribution in [2.24, 2.45) is 0 Å². The molecule has 3 aliphatic rings. The van der Waals surface area contributed by atoms with Crippen molar-refractivity contribution >= 4 is 17.2 Å². The number of nitrogens with zero attached hydrogens (tertiary/aromatic N) is 6. The summed E-state index contributed by atoms with van der Waals surface area (Å²) in [7, 11) is 0. The lowest BCUT2D eigenvalue weighted by molar-refractivity contribution is -0.389. The van der Waals surface area contributed by atoms with Crippen molar-refractivity contribution in [1.29, 1.82) is 0 Å². The zero-order valence-corrected chi connectivity index (χ0v) is 27.9. The number of anilines is 2. The molecule has 0 radical (unpaired) electrons. The molecule has 2 fully saturated rings. The number of aryl methyl sites for hydroxylation is 1. The number of piperazine rings is 1. The van der Waals surface area contributed by atoms with Gasteiger partial charge in [0.1, 0.15) is 42.3 Å². The number of alkyl halides is 3. The molecule has 0 amide bonds. The molecular weight excluding hydrogens is 669 g/mol. The summed E-state index contributed by atoms with van der Waals surface area (Å²) in [6, 6.07) is 22.6. The van der Waals surface area contributed by atoms with Gasteiger partial charge in [0.2, 0.25) is 0 Å². The molecule has 3 aromatic carbocycles. The van der Waals surface area contributed by atoms with Crippen molar-refractivity contribution in [2.75, 3.05) is 55.7 Å². The number of benzene rings is 3. The summed E-state index contributed by atoms with van der Waals surface area (Å²) < 4.78 is 60.6. The first kappa shape index (κ1) is 34.3. The Kier molecular flexibility index (Phi) is 10.1. The Morgan fingerprint density at radius 3 is 2.04 bits per heavy atom. The van der Waals surface area contributed by atoms with Crippen LogP contribution in [-0.4, -0.2) is 83.8 Å². The average Bonchev–Trinajstić information content (AvgIpc) is 3.57. The molecule has 0 bridgehead atoms. The van der Waals surface area contributed by atoms with E-state index >= 15 is 0 Å². The van der Waals surface area contributed by atoms with Gasteiger partial charge in [-0.25, -0.2) is 0 Å². The van der Waals surface area contributed by atoms with Gasteiger partial charge in [0.15, 0.2) is 0 Å². The predicted molar refractivity (Wildman–Crippen MR) is 183 cm³/mol. The van der Waals surface area contributed by atoms with E-state index in [1.54, 1.807) is 4.57 Å². The zero-order valence-electron chi connectivity index (χ0n) is 27.9. The van der Waals surface area contributed by atoms with Crippen LogP contribution in [0, 0.1) is 10.1 Å². The Labute approximate surface area is 293 Å². The summed E-state index contributed by atoms with van der Waals surface area (Å²) >= 11 is 0. The SMILES string of the molecule is O=[N+]([O-])c1cn2c(n1)OC(COc1ccc(N3CCN(Cc4ccc(N5CCC(Oc6ccc(OC(F)(F)F)cc6)CC5)cc4)CC3)cc1)CC2. The van der Waals surface area contributed by atoms with Crippen molar-refractivity contribution in [2.45, 2.75) is 50.9 Å². The van der Waals surface area contributed by atoms with Crippen LogP contribution in [0.3, 0.4) is 0 Å². The van der Waals surface area contributed by atoms with Gasteiger partial charge in [-0.3, -0.25) is 9.47 Å². The first-order valence-electron chi connectivity index (χ1n) is 17.1. The average molecular weight is 709 g/mol. The van der Waals surface area contributed by atoms with E-state index in [1.807, 2.05) is 12.1 Å². The smallest absolute Gasteiger partial charge is 0.490 e. The van der Waals surface area contributed by atoms with Gasteiger partial charge in [-0.15, -0.1) is 13.2 Å². The number of hydrogen-bond acceptors (Lipinski definition) is 10. The van der Waals surface area contributed by atoms with E-state index in [2.05, 4.69) is 60.8 Å². The van der Waals surface area contributed by atoms with Crippen LogP contribution < -0.4 is 28.7 Å². The summed E-state index contributed by atoms with van der Waals surface area (Å²) in [6.07, 6.45) is -1.22. The van der Waals surface area contributed by atoms with Crippen LogP contribution in [0.25, 0.3) is 0 Å². The molecule has 0 N–H and O–H groups in total. The fourth-order valence-corrected chi connectivity index (χ4v) is 6.66. The molecule has 4 aromatic rings. The van der Waals surface area contributed by atoms with Crippen molar-refractivity contribution in [1.82, 2.24) is 14.5 Å². The van der Waals surface area contributed by atoms with Crippen LogP contribution in [0.4, 0.5) is 30.4 Å². The number of rotatable bonds is 11. The quantitative estimate of drug-likeness (QED) is 0.130. The molecule has 0 spiro atoms. The number of piperidine rings is 1. The maximum atomic E-state index is 12.4. The van der Waals surface area contributed by atoms with Gasteiger partial charge < -0.3 is 38.9 Å². The first-order chi connectivity index (χ1) is 24.6. The Morgan fingerprint density at radius 2 is 1.39 bits per heavy atom. The molecular formula is C36H39F3N6O6. The van der Waals surface area contributed by atoms with E-state index < -0.39 is 11.3 Å². The van der Waals surface area contributed by atoms with Gasteiger partial charge >= 0.3 is 18.2 Å². The van der Waals surface area contributed by atoms with Crippen molar-refractivity contribution in [3.63, 3.8) is 0 Å². The number of nitro groups is 1.